The molecule has 2 aromatic rings. The van der Waals surface area contributed by atoms with Crippen LogP contribution in [0.2, 0.25) is 0 Å². The summed E-state index contributed by atoms with van der Waals surface area (Å²) in [4.78, 5) is 20.0. The van der Waals surface area contributed by atoms with Gasteiger partial charge in [-0.15, -0.1) is 11.3 Å². The van der Waals surface area contributed by atoms with Gasteiger partial charge in [0.2, 0.25) is 0 Å². The van der Waals surface area contributed by atoms with Gasteiger partial charge in [0.1, 0.15) is 10.8 Å². The zero-order valence-electron chi connectivity index (χ0n) is 10.1. The van der Waals surface area contributed by atoms with Gasteiger partial charge < -0.3 is 0 Å². The van der Waals surface area contributed by atoms with Crippen LogP contribution in [0.3, 0.4) is 0 Å². The van der Waals surface area contributed by atoms with Gasteiger partial charge in [-0.2, -0.15) is 5.26 Å². The van der Waals surface area contributed by atoms with Crippen LogP contribution in [0.25, 0.3) is 0 Å². The summed E-state index contributed by atoms with van der Waals surface area (Å²) in [6.07, 6.45) is 1.05. The number of aromatic nitrogens is 2. The number of rotatable bonds is 4. The topological polar surface area (TPSA) is 66.6 Å². The number of thiazole rings is 1. The normalized spacial score (nSPS) is 11.8. The second kappa shape index (κ2) is 5.67. The molecule has 0 aliphatic rings. The lowest BCUT2D eigenvalue weighted by atomic mass is 10.0. The lowest BCUT2D eigenvalue weighted by molar-refractivity contribution is -0.118. The first-order chi connectivity index (χ1) is 9.10. The van der Waals surface area contributed by atoms with Gasteiger partial charge in [0.05, 0.1) is 18.7 Å². The summed E-state index contributed by atoms with van der Waals surface area (Å²) in [5.74, 6) is -1.62. The van der Waals surface area contributed by atoms with Crippen LogP contribution in [0.15, 0.2) is 23.7 Å². The largest absolute Gasteiger partial charge is 0.297 e. The molecule has 0 N–H and O–H groups in total. The average molecular weight is 275 g/mol. The molecule has 0 amide bonds. The van der Waals surface area contributed by atoms with E-state index in [1.165, 1.54) is 23.5 Å². The van der Waals surface area contributed by atoms with Crippen LogP contribution in [0.5, 0.6) is 0 Å². The summed E-state index contributed by atoms with van der Waals surface area (Å²) in [7, 11) is 0. The van der Waals surface area contributed by atoms with E-state index in [4.69, 9.17) is 5.26 Å². The lowest BCUT2D eigenvalue weighted by Crippen LogP contribution is -2.14. The fraction of sp³-hybridized carbons (Fsp3) is 0.231. The number of hydrogen-bond acceptors (Lipinski definition) is 5. The molecule has 2 aromatic heterocycles. The predicted molar refractivity (Wildman–Crippen MR) is 68.1 cm³/mol. The molecular weight excluding hydrogens is 265 g/mol. The molecular formula is C13H10FN3OS. The molecule has 0 saturated carbocycles. The van der Waals surface area contributed by atoms with Crippen LogP contribution in [-0.2, 0) is 11.2 Å². The first-order valence-corrected chi connectivity index (χ1v) is 6.43. The number of carbonyl (C=O) groups is 1. The minimum atomic E-state index is -0.884. The van der Waals surface area contributed by atoms with Crippen molar-refractivity contribution >= 4 is 17.1 Å². The number of halogens is 1. The number of nitriles is 1. The van der Waals surface area contributed by atoms with E-state index in [9.17, 15) is 9.18 Å². The van der Waals surface area contributed by atoms with Crippen molar-refractivity contribution in [3.05, 3.63) is 45.9 Å². The highest BCUT2D eigenvalue weighted by Crippen LogP contribution is 2.21. The molecule has 0 saturated heterocycles. The SMILES string of the molecule is Cc1csc([C@H](C#N)C(=O)Cc2ccc(F)cn2)n1. The highest BCUT2D eigenvalue weighted by atomic mass is 32.1. The van der Waals surface area contributed by atoms with E-state index in [-0.39, 0.29) is 12.2 Å². The van der Waals surface area contributed by atoms with E-state index in [1.54, 1.807) is 12.3 Å². The summed E-state index contributed by atoms with van der Waals surface area (Å²) >= 11 is 1.29. The molecule has 6 heteroatoms. The van der Waals surface area contributed by atoms with Crippen molar-refractivity contribution in [2.24, 2.45) is 0 Å². The number of nitrogens with zero attached hydrogens (tertiary/aromatic N) is 3. The standard InChI is InChI=1S/C13H10FN3OS/c1-8-7-19-13(17-8)11(5-15)12(18)4-10-3-2-9(14)6-16-10/h2-3,6-7,11H,4H2,1H3/t11-/m1/s1. The van der Waals surface area contributed by atoms with Gasteiger partial charge in [-0.1, -0.05) is 0 Å². The Morgan fingerprint density at radius 3 is 2.89 bits per heavy atom. The Morgan fingerprint density at radius 2 is 2.37 bits per heavy atom. The molecule has 0 unspecified atom stereocenters. The van der Waals surface area contributed by atoms with Gasteiger partial charge in [0.15, 0.2) is 11.7 Å². The maximum atomic E-state index is 12.7. The van der Waals surface area contributed by atoms with Gasteiger partial charge >= 0.3 is 0 Å². The van der Waals surface area contributed by atoms with E-state index in [2.05, 4.69) is 9.97 Å². The first kappa shape index (κ1) is 13.3. The Kier molecular flexibility index (Phi) is 3.97. The van der Waals surface area contributed by atoms with Gasteiger partial charge in [0, 0.05) is 16.8 Å². The van der Waals surface area contributed by atoms with E-state index >= 15 is 0 Å². The minimum absolute atomic E-state index is 0.00284. The van der Waals surface area contributed by atoms with Crippen LogP contribution < -0.4 is 0 Å². The molecule has 2 heterocycles. The fourth-order valence-electron chi connectivity index (χ4n) is 1.56. The van der Waals surface area contributed by atoms with Crippen molar-refractivity contribution in [3.63, 3.8) is 0 Å². The second-order valence-electron chi connectivity index (χ2n) is 4.00. The Hall–Kier alpha value is -2.13. The maximum absolute atomic E-state index is 12.7. The monoisotopic (exact) mass is 275 g/mol. The third-order valence-electron chi connectivity index (χ3n) is 2.48. The maximum Gasteiger partial charge on any atom is 0.162 e. The van der Waals surface area contributed by atoms with Crippen LogP contribution in [0, 0.1) is 24.1 Å². The molecule has 0 spiro atoms. The molecule has 0 aromatic carbocycles. The summed E-state index contributed by atoms with van der Waals surface area (Å²) in [5.41, 5.74) is 1.23. The molecule has 4 nitrogen and oxygen atoms in total. The molecule has 0 aliphatic carbocycles. The van der Waals surface area contributed by atoms with E-state index in [0.717, 1.165) is 11.9 Å². The third kappa shape index (κ3) is 3.20. The number of carbonyl (C=O) groups excluding carboxylic acids is 1. The highest BCUT2D eigenvalue weighted by molar-refractivity contribution is 7.09. The Bertz CT molecular complexity index is 630. The highest BCUT2D eigenvalue weighted by Gasteiger charge is 2.23. The molecule has 0 radical (unpaired) electrons. The van der Waals surface area contributed by atoms with Crippen molar-refractivity contribution in [1.82, 2.24) is 9.97 Å². The molecule has 1 atom stereocenters. The van der Waals surface area contributed by atoms with Crippen LogP contribution in [0.4, 0.5) is 4.39 Å². The summed E-state index contributed by atoms with van der Waals surface area (Å²) in [6.45, 7) is 1.81. The lowest BCUT2D eigenvalue weighted by Gasteiger charge is -2.04. The molecule has 2 rings (SSSR count). The van der Waals surface area contributed by atoms with E-state index < -0.39 is 11.7 Å². The second-order valence-corrected chi connectivity index (χ2v) is 4.89. The Balaban J connectivity index is 2.14. The van der Waals surface area contributed by atoms with Crippen molar-refractivity contribution in [2.75, 3.05) is 0 Å². The number of ketones is 1. The van der Waals surface area contributed by atoms with Gasteiger partial charge in [-0.3, -0.25) is 9.78 Å². The number of pyridine rings is 1. The average Bonchev–Trinajstić information content (AvgIpc) is 2.80. The fourth-order valence-corrected chi connectivity index (χ4v) is 2.42. The van der Waals surface area contributed by atoms with Crippen molar-refractivity contribution in [3.8, 4) is 6.07 Å². The summed E-state index contributed by atoms with van der Waals surface area (Å²) < 4.78 is 12.7. The van der Waals surface area contributed by atoms with E-state index in [1.807, 2.05) is 6.07 Å². The third-order valence-corrected chi connectivity index (χ3v) is 3.51. The Morgan fingerprint density at radius 1 is 1.58 bits per heavy atom. The van der Waals surface area contributed by atoms with Crippen molar-refractivity contribution < 1.29 is 9.18 Å². The zero-order chi connectivity index (χ0) is 13.8. The molecule has 0 bridgehead atoms. The predicted octanol–water partition coefficient (Wildman–Crippen LogP) is 2.40. The number of aryl methyl sites for hydroxylation is 1. The van der Waals surface area contributed by atoms with Gasteiger partial charge in [0.25, 0.3) is 0 Å². The summed E-state index contributed by atoms with van der Waals surface area (Å²) in [5, 5.41) is 11.4. The van der Waals surface area contributed by atoms with Gasteiger partial charge in [-0.05, 0) is 19.1 Å². The van der Waals surface area contributed by atoms with Crippen molar-refractivity contribution in [1.29, 1.82) is 5.26 Å². The van der Waals surface area contributed by atoms with Gasteiger partial charge in [-0.25, -0.2) is 9.37 Å². The van der Waals surface area contributed by atoms with Crippen LogP contribution in [-0.4, -0.2) is 15.8 Å². The quantitative estimate of drug-likeness (QED) is 0.859. The van der Waals surface area contributed by atoms with Crippen LogP contribution in [0.1, 0.15) is 22.3 Å². The zero-order valence-corrected chi connectivity index (χ0v) is 10.9. The minimum Gasteiger partial charge on any atom is -0.297 e. The number of Topliss-reactive ketones (excluding diaryl/α,β-unsaturated/α-hetero) is 1. The van der Waals surface area contributed by atoms with E-state index in [0.29, 0.717) is 10.7 Å². The van der Waals surface area contributed by atoms with Crippen LogP contribution >= 0.6 is 11.3 Å². The smallest absolute Gasteiger partial charge is 0.162 e. The van der Waals surface area contributed by atoms with Crippen molar-refractivity contribution in [2.45, 2.75) is 19.3 Å². The molecule has 96 valence electrons. The molecule has 19 heavy (non-hydrogen) atoms. The first-order valence-electron chi connectivity index (χ1n) is 5.55. The Labute approximate surface area is 113 Å². The number of hydrogen-bond donors (Lipinski definition) is 0. The molecule has 0 aliphatic heterocycles. The molecule has 0 fully saturated rings. The summed E-state index contributed by atoms with van der Waals surface area (Å²) in [6, 6.07) is 4.64.